The minimum atomic E-state index is -4.40. The quantitative estimate of drug-likeness (QED) is 0.797. The summed E-state index contributed by atoms with van der Waals surface area (Å²) in [6.45, 7) is 3.19. The third-order valence-electron chi connectivity index (χ3n) is 4.74. The van der Waals surface area contributed by atoms with Crippen LogP contribution in [0.25, 0.3) is 0 Å². The van der Waals surface area contributed by atoms with Gasteiger partial charge in [-0.15, -0.1) is 0 Å². The monoisotopic (exact) mass is 381 g/mol. The van der Waals surface area contributed by atoms with Gasteiger partial charge in [0.05, 0.1) is 18.4 Å². The fourth-order valence-corrected chi connectivity index (χ4v) is 3.27. The molecule has 0 radical (unpaired) electrons. The number of aryl methyl sites for hydroxylation is 1. The second-order valence-electron chi connectivity index (χ2n) is 6.47. The molecule has 1 saturated heterocycles. The zero-order valence-corrected chi connectivity index (χ0v) is 14.4. The molecule has 0 aliphatic carbocycles. The van der Waals surface area contributed by atoms with E-state index in [-0.39, 0.29) is 5.91 Å². The molecule has 10 heteroatoms. The number of hydrogen-bond donors (Lipinski definition) is 0. The van der Waals surface area contributed by atoms with E-state index in [0.717, 1.165) is 25.2 Å². The van der Waals surface area contributed by atoms with E-state index in [1.54, 1.807) is 9.58 Å². The molecule has 0 saturated carbocycles. The summed E-state index contributed by atoms with van der Waals surface area (Å²) in [4.78, 5) is 20.3. The molecule has 4 heterocycles. The highest BCUT2D eigenvalue weighted by atomic mass is 19.4. The lowest BCUT2D eigenvalue weighted by atomic mass is 10.2. The fraction of sp³-hybridized carbons (Fsp3) is 0.471. The second kappa shape index (κ2) is 6.75. The lowest BCUT2D eigenvalue weighted by molar-refractivity contribution is -0.137. The minimum absolute atomic E-state index is 0.141. The maximum Gasteiger partial charge on any atom is 0.417 e. The van der Waals surface area contributed by atoms with Crippen molar-refractivity contribution in [2.24, 2.45) is 0 Å². The highest BCUT2D eigenvalue weighted by Gasteiger charge is 2.32. The van der Waals surface area contributed by atoms with Crippen LogP contribution >= 0.6 is 0 Å². The van der Waals surface area contributed by atoms with Gasteiger partial charge in [0.2, 0.25) is 5.88 Å². The van der Waals surface area contributed by atoms with Crippen molar-refractivity contribution < 1.29 is 22.7 Å². The summed E-state index contributed by atoms with van der Waals surface area (Å²) in [7, 11) is 0. The number of fused-ring (bicyclic) bond motifs is 1. The third kappa shape index (κ3) is 3.43. The van der Waals surface area contributed by atoms with Gasteiger partial charge in [-0.25, -0.2) is 9.67 Å². The number of nitrogens with zero attached hydrogens (tertiary/aromatic N) is 5. The molecule has 1 fully saturated rings. The maximum atomic E-state index is 12.8. The molecule has 0 bridgehead atoms. The Balaban J connectivity index is 1.40. The zero-order chi connectivity index (χ0) is 19.0. The van der Waals surface area contributed by atoms with E-state index in [1.165, 1.54) is 12.3 Å². The number of pyridine rings is 1. The Bertz CT molecular complexity index is 826. The first-order chi connectivity index (χ1) is 12.9. The molecule has 0 unspecified atom stereocenters. The van der Waals surface area contributed by atoms with Gasteiger partial charge in [0.15, 0.2) is 0 Å². The molecule has 0 atom stereocenters. The Labute approximate surface area is 153 Å². The average Bonchev–Trinajstić information content (AvgIpc) is 3.11. The predicted octanol–water partition coefficient (Wildman–Crippen LogP) is 2.04. The molecule has 2 aromatic heterocycles. The van der Waals surface area contributed by atoms with Crippen molar-refractivity contribution in [3.05, 3.63) is 35.7 Å². The molecule has 2 aromatic rings. The predicted molar refractivity (Wildman–Crippen MR) is 89.7 cm³/mol. The highest BCUT2D eigenvalue weighted by Crippen LogP contribution is 2.29. The van der Waals surface area contributed by atoms with Crippen LogP contribution in [0, 0.1) is 0 Å². The molecule has 2 aliphatic rings. The van der Waals surface area contributed by atoms with Crippen molar-refractivity contribution in [3.8, 4) is 5.88 Å². The van der Waals surface area contributed by atoms with Gasteiger partial charge in [-0.3, -0.25) is 4.79 Å². The average molecular weight is 381 g/mol. The SMILES string of the molecule is O=C(c1cnn2c1OCCC2)N1CCN(c2ccc(C(F)(F)F)cn2)CC1. The van der Waals surface area contributed by atoms with Crippen LogP contribution in [-0.4, -0.2) is 58.4 Å². The van der Waals surface area contributed by atoms with Gasteiger partial charge in [-0.05, 0) is 12.1 Å². The number of rotatable bonds is 2. The zero-order valence-electron chi connectivity index (χ0n) is 14.4. The molecular formula is C17H18F3N5O2. The van der Waals surface area contributed by atoms with Crippen LogP contribution in [0.15, 0.2) is 24.5 Å². The van der Waals surface area contributed by atoms with Crippen LogP contribution < -0.4 is 9.64 Å². The van der Waals surface area contributed by atoms with Crippen molar-refractivity contribution in [2.75, 3.05) is 37.7 Å². The van der Waals surface area contributed by atoms with E-state index in [2.05, 4.69) is 10.1 Å². The van der Waals surface area contributed by atoms with E-state index in [9.17, 15) is 18.0 Å². The van der Waals surface area contributed by atoms with E-state index in [4.69, 9.17) is 4.74 Å². The first-order valence-electron chi connectivity index (χ1n) is 8.69. The summed E-state index contributed by atoms with van der Waals surface area (Å²) in [6, 6.07) is 2.39. The first kappa shape index (κ1) is 17.6. The van der Waals surface area contributed by atoms with Gasteiger partial charge < -0.3 is 14.5 Å². The Morgan fingerprint density at radius 1 is 1.07 bits per heavy atom. The smallest absolute Gasteiger partial charge is 0.417 e. The lowest BCUT2D eigenvalue weighted by Crippen LogP contribution is -2.49. The Hall–Kier alpha value is -2.78. The van der Waals surface area contributed by atoms with Crippen molar-refractivity contribution in [1.29, 1.82) is 0 Å². The van der Waals surface area contributed by atoms with Crippen LogP contribution in [-0.2, 0) is 12.7 Å². The molecular weight excluding hydrogens is 363 g/mol. The standard InChI is InChI=1S/C17H18F3N5O2/c18-17(19,20)12-2-3-14(21-10-12)23-5-7-24(8-6-23)15(26)13-11-22-25-4-1-9-27-16(13)25/h2-3,10-11H,1,4-9H2. The molecule has 1 amide bonds. The van der Waals surface area contributed by atoms with Gasteiger partial charge in [0, 0.05) is 45.3 Å². The summed E-state index contributed by atoms with van der Waals surface area (Å²) >= 11 is 0. The van der Waals surface area contributed by atoms with Gasteiger partial charge >= 0.3 is 6.18 Å². The summed E-state index contributed by atoms with van der Waals surface area (Å²) in [6.07, 6.45) is -1.17. The molecule has 27 heavy (non-hydrogen) atoms. The maximum absolute atomic E-state index is 12.8. The van der Waals surface area contributed by atoms with Crippen molar-refractivity contribution in [3.63, 3.8) is 0 Å². The van der Waals surface area contributed by atoms with Crippen LogP contribution in [0.2, 0.25) is 0 Å². The number of aromatic nitrogens is 3. The number of ether oxygens (including phenoxy) is 1. The van der Waals surface area contributed by atoms with E-state index >= 15 is 0 Å². The lowest BCUT2D eigenvalue weighted by Gasteiger charge is -2.35. The van der Waals surface area contributed by atoms with Crippen molar-refractivity contribution in [2.45, 2.75) is 19.1 Å². The van der Waals surface area contributed by atoms with E-state index in [1.807, 2.05) is 4.90 Å². The number of piperazine rings is 1. The largest absolute Gasteiger partial charge is 0.477 e. The Morgan fingerprint density at radius 2 is 1.85 bits per heavy atom. The van der Waals surface area contributed by atoms with Gasteiger partial charge in [-0.2, -0.15) is 18.3 Å². The first-order valence-corrected chi connectivity index (χ1v) is 8.69. The molecule has 0 aromatic carbocycles. The number of carbonyl (C=O) groups excluding carboxylic acids is 1. The topological polar surface area (TPSA) is 63.5 Å². The summed E-state index contributed by atoms with van der Waals surface area (Å²) in [5, 5.41) is 4.20. The molecule has 144 valence electrons. The number of anilines is 1. The number of halogens is 3. The van der Waals surface area contributed by atoms with Crippen LogP contribution in [0.3, 0.4) is 0 Å². The third-order valence-corrected chi connectivity index (χ3v) is 4.74. The molecule has 2 aliphatic heterocycles. The van der Waals surface area contributed by atoms with E-state index < -0.39 is 11.7 Å². The highest BCUT2D eigenvalue weighted by molar-refractivity contribution is 5.96. The number of alkyl halides is 3. The van der Waals surface area contributed by atoms with Gasteiger partial charge in [-0.1, -0.05) is 0 Å². The van der Waals surface area contributed by atoms with Crippen molar-refractivity contribution >= 4 is 11.7 Å². The number of carbonyl (C=O) groups is 1. The van der Waals surface area contributed by atoms with Gasteiger partial charge in [0.25, 0.3) is 5.91 Å². The van der Waals surface area contributed by atoms with Crippen LogP contribution in [0.1, 0.15) is 22.3 Å². The summed E-state index contributed by atoms with van der Waals surface area (Å²) in [5.74, 6) is 0.845. The summed E-state index contributed by atoms with van der Waals surface area (Å²) in [5.41, 5.74) is -0.318. The second-order valence-corrected chi connectivity index (χ2v) is 6.47. The minimum Gasteiger partial charge on any atom is -0.477 e. The molecule has 0 spiro atoms. The Morgan fingerprint density at radius 3 is 2.52 bits per heavy atom. The molecule has 4 rings (SSSR count). The number of amides is 1. The van der Waals surface area contributed by atoms with Crippen LogP contribution in [0.4, 0.5) is 19.0 Å². The molecule has 7 nitrogen and oxygen atoms in total. The van der Waals surface area contributed by atoms with Gasteiger partial charge in [0.1, 0.15) is 11.4 Å². The van der Waals surface area contributed by atoms with E-state index in [0.29, 0.717) is 50.0 Å². The van der Waals surface area contributed by atoms with Crippen molar-refractivity contribution in [1.82, 2.24) is 19.7 Å². The normalized spacial score (nSPS) is 17.4. The molecule has 0 N–H and O–H groups in total. The number of hydrogen-bond acceptors (Lipinski definition) is 5. The Kier molecular flexibility index (Phi) is 4.40. The summed E-state index contributed by atoms with van der Waals surface area (Å²) < 4.78 is 45.2. The fourth-order valence-electron chi connectivity index (χ4n) is 3.27. The van der Waals surface area contributed by atoms with Crippen LogP contribution in [0.5, 0.6) is 5.88 Å².